The van der Waals surface area contributed by atoms with Gasteiger partial charge in [-0.05, 0) is 44.3 Å². The van der Waals surface area contributed by atoms with Gasteiger partial charge in [0.15, 0.2) is 0 Å². The van der Waals surface area contributed by atoms with Gasteiger partial charge in [0.05, 0.1) is 11.0 Å². The van der Waals surface area contributed by atoms with Crippen LogP contribution in [0.4, 0.5) is 0 Å². The summed E-state index contributed by atoms with van der Waals surface area (Å²) in [7, 11) is 0. The molecule has 0 spiro atoms. The fraction of sp³-hybridized carbons (Fsp3) is 0.571. The zero-order chi connectivity index (χ0) is 14.2. The zero-order valence-corrected chi connectivity index (χ0v) is 12.9. The molecular weight excluding hydrogens is 280 g/mol. The van der Waals surface area contributed by atoms with Crippen molar-refractivity contribution in [3.63, 3.8) is 0 Å². The fourth-order valence-corrected chi connectivity index (χ4v) is 2.65. The Labute approximate surface area is 124 Å². The van der Waals surface area contributed by atoms with Crippen LogP contribution in [0.15, 0.2) is 22.9 Å². The lowest BCUT2D eigenvalue weighted by molar-refractivity contribution is -0.127. The molecule has 19 heavy (non-hydrogen) atoms. The second-order valence-corrected chi connectivity index (χ2v) is 6.08. The summed E-state index contributed by atoms with van der Waals surface area (Å²) in [6.07, 6.45) is 4.12. The smallest absolute Gasteiger partial charge is 0.255 e. The Hall–Kier alpha value is -0.870. The Balaban J connectivity index is 2.21. The molecule has 5 heteroatoms. The Morgan fingerprint density at radius 3 is 2.74 bits per heavy atom. The second kappa shape index (κ2) is 5.63. The first-order chi connectivity index (χ1) is 8.95. The molecule has 0 aromatic rings. The van der Waals surface area contributed by atoms with E-state index < -0.39 is 5.38 Å². The third kappa shape index (κ3) is 3.00. The summed E-state index contributed by atoms with van der Waals surface area (Å²) in [5, 5.41) is -0.416. The lowest BCUT2D eigenvalue weighted by Gasteiger charge is -2.26. The predicted molar refractivity (Wildman–Crippen MR) is 82.2 cm³/mol. The van der Waals surface area contributed by atoms with Gasteiger partial charge in [0, 0.05) is 23.7 Å². The molecule has 0 aliphatic heterocycles. The minimum atomic E-state index is -0.416. The number of halogens is 1. The molecule has 104 valence electrons. The minimum Gasteiger partial charge on any atom is -0.398 e. The molecule has 0 bridgehead atoms. The Morgan fingerprint density at radius 2 is 2.21 bits per heavy atom. The van der Waals surface area contributed by atoms with Crippen LogP contribution >= 0.6 is 23.8 Å². The van der Waals surface area contributed by atoms with Crippen LogP contribution in [0.5, 0.6) is 0 Å². The van der Waals surface area contributed by atoms with E-state index in [9.17, 15) is 4.79 Å². The van der Waals surface area contributed by atoms with Crippen LogP contribution in [0.25, 0.3) is 0 Å². The van der Waals surface area contributed by atoms with E-state index >= 15 is 0 Å². The number of carbonyl (C=O) groups is 1. The lowest BCUT2D eigenvalue weighted by Crippen LogP contribution is -2.37. The number of hydrogen-bond donors (Lipinski definition) is 1. The average molecular weight is 299 g/mol. The van der Waals surface area contributed by atoms with E-state index in [0.29, 0.717) is 28.6 Å². The van der Waals surface area contributed by atoms with Gasteiger partial charge in [-0.3, -0.25) is 4.79 Å². The van der Waals surface area contributed by atoms with E-state index in [-0.39, 0.29) is 5.91 Å². The molecule has 0 saturated heterocycles. The lowest BCUT2D eigenvalue weighted by atomic mass is 9.95. The number of allylic oxidation sites excluding steroid dienone is 2. The Morgan fingerprint density at radius 1 is 1.58 bits per heavy atom. The third-order valence-corrected chi connectivity index (χ3v) is 4.74. The maximum Gasteiger partial charge on any atom is 0.255 e. The van der Waals surface area contributed by atoms with Crippen molar-refractivity contribution in [1.82, 2.24) is 4.90 Å². The number of hydrogen-bond acceptors (Lipinski definition) is 3. The highest BCUT2D eigenvalue weighted by molar-refractivity contribution is 7.81. The van der Waals surface area contributed by atoms with Crippen molar-refractivity contribution in [1.29, 1.82) is 0 Å². The highest BCUT2D eigenvalue weighted by Gasteiger charge is 2.31. The predicted octanol–water partition coefficient (Wildman–Crippen LogP) is 2.39. The van der Waals surface area contributed by atoms with Crippen molar-refractivity contribution in [2.45, 2.75) is 32.1 Å². The van der Waals surface area contributed by atoms with Crippen molar-refractivity contribution >= 4 is 34.6 Å². The average Bonchev–Trinajstić information content (AvgIpc) is 3.21. The van der Waals surface area contributed by atoms with Crippen molar-refractivity contribution in [2.24, 2.45) is 11.7 Å². The summed E-state index contributed by atoms with van der Waals surface area (Å²) in [6, 6.07) is 0. The van der Waals surface area contributed by atoms with Crippen molar-refractivity contribution < 1.29 is 4.79 Å². The second-order valence-electron chi connectivity index (χ2n) is 5.17. The molecule has 0 radical (unpaired) electrons. The molecular formula is C14H19ClN2OS. The standard InChI is InChI=1S/C14H19ClN2OS/c1-3-17(7-9-4-5-9)14(18)10-6-11(15)13(19)8(2)12(10)16/h6,9,11H,3-5,7,16H2,1-2H3. The largest absolute Gasteiger partial charge is 0.398 e. The van der Waals surface area contributed by atoms with Gasteiger partial charge in [-0.1, -0.05) is 12.2 Å². The number of thiocarbonyl (C=S) groups is 1. The number of carbonyl (C=O) groups excluding carboxylic acids is 1. The molecule has 2 aliphatic rings. The Bertz CT molecular complexity index is 480. The van der Waals surface area contributed by atoms with E-state index in [1.807, 2.05) is 18.7 Å². The van der Waals surface area contributed by atoms with Gasteiger partial charge in [0.25, 0.3) is 5.91 Å². The number of likely N-dealkylation sites (N-methyl/N-ethyl adjacent to an activating group) is 1. The third-order valence-electron chi connectivity index (χ3n) is 3.70. The zero-order valence-electron chi connectivity index (χ0n) is 11.3. The molecule has 2 aliphatic carbocycles. The molecule has 2 rings (SSSR count). The number of rotatable bonds is 4. The number of alkyl halides is 1. The minimum absolute atomic E-state index is 0.0283. The normalized spacial score (nSPS) is 23.4. The fourth-order valence-electron chi connectivity index (χ4n) is 2.18. The molecule has 2 N–H and O–H groups in total. The summed E-state index contributed by atoms with van der Waals surface area (Å²) in [5.74, 6) is 0.631. The quantitative estimate of drug-likeness (QED) is 0.640. The molecule has 1 amide bonds. The molecule has 0 aromatic carbocycles. The van der Waals surface area contributed by atoms with Crippen LogP contribution in [-0.4, -0.2) is 34.1 Å². The van der Waals surface area contributed by atoms with Gasteiger partial charge < -0.3 is 10.6 Å². The van der Waals surface area contributed by atoms with E-state index in [2.05, 4.69) is 0 Å². The number of nitrogens with zero attached hydrogens (tertiary/aromatic N) is 1. The van der Waals surface area contributed by atoms with E-state index in [1.165, 1.54) is 12.8 Å². The highest BCUT2D eigenvalue weighted by Crippen LogP contribution is 2.31. The van der Waals surface area contributed by atoms with Crippen LogP contribution < -0.4 is 5.73 Å². The molecule has 1 atom stereocenters. The first-order valence-corrected chi connectivity index (χ1v) is 7.46. The van der Waals surface area contributed by atoms with E-state index in [4.69, 9.17) is 29.6 Å². The summed E-state index contributed by atoms with van der Waals surface area (Å²) in [6.45, 7) is 5.32. The van der Waals surface area contributed by atoms with Gasteiger partial charge in [0.1, 0.15) is 0 Å². The van der Waals surface area contributed by atoms with Crippen LogP contribution in [0, 0.1) is 5.92 Å². The van der Waals surface area contributed by atoms with Gasteiger partial charge in [-0.2, -0.15) is 0 Å². The molecule has 0 heterocycles. The summed E-state index contributed by atoms with van der Waals surface area (Å²) in [4.78, 5) is 15.0. The Kier molecular flexibility index (Phi) is 4.31. The van der Waals surface area contributed by atoms with Crippen LogP contribution in [-0.2, 0) is 4.79 Å². The summed E-state index contributed by atoms with van der Waals surface area (Å²) in [5.41, 5.74) is 7.77. The van der Waals surface area contributed by atoms with Crippen LogP contribution in [0.1, 0.15) is 26.7 Å². The maximum atomic E-state index is 12.5. The topological polar surface area (TPSA) is 46.3 Å². The van der Waals surface area contributed by atoms with Gasteiger partial charge in [0.2, 0.25) is 0 Å². The first-order valence-electron chi connectivity index (χ1n) is 6.61. The van der Waals surface area contributed by atoms with Crippen LogP contribution in [0.3, 0.4) is 0 Å². The van der Waals surface area contributed by atoms with Gasteiger partial charge in [-0.25, -0.2) is 0 Å². The molecule has 1 saturated carbocycles. The molecule has 0 aromatic heterocycles. The summed E-state index contributed by atoms with van der Waals surface area (Å²) < 4.78 is 0. The molecule has 3 nitrogen and oxygen atoms in total. The monoisotopic (exact) mass is 298 g/mol. The van der Waals surface area contributed by atoms with Crippen molar-refractivity contribution in [3.05, 3.63) is 22.9 Å². The van der Waals surface area contributed by atoms with Crippen LogP contribution in [0.2, 0.25) is 0 Å². The van der Waals surface area contributed by atoms with E-state index in [0.717, 1.165) is 12.1 Å². The summed E-state index contributed by atoms with van der Waals surface area (Å²) >= 11 is 11.4. The number of nitrogens with two attached hydrogens (primary N) is 1. The van der Waals surface area contributed by atoms with Gasteiger partial charge >= 0.3 is 0 Å². The SMILES string of the molecule is CCN(CC1CC1)C(=O)C1=CC(Cl)C(=S)C(C)=C1N. The number of amides is 1. The first kappa shape index (κ1) is 14.5. The molecule has 1 fully saturated rings. The highest BCUT2D eigenvalue weighted by atomic mass is 35.5. The van der Waals surface area contributed by atoms with Gasteiger partial charge in [-0.15, -0.1) is 11.6 Å². The van der Waals surface area contributed by atoms with Crippen molar-refractivity contribution in [2.75, 3.05) is 13.1 Å². The maximum absolute atomic E-state index is 12.5. The van der Waals surface area contributed by atoms with Crippen molar-refractivity contribution in [3.8, 4) is 0 Å². The molecule has 1 unspecified atom stereocenters. The van der Waals surface area contributed by atoms with E-state index in [1.54, 1.807) is 6.08 Å².